The van der Waals surface area contributed by atoms with Crippen molar-refractivity contribution in [3.8, 4) is 0 Å². The van der Waals surface area contributed by atoms with E-state index in [0.29, 0.717) is 19.3 Å². The lowest BCUT2D eigenvalue weighted by molar-refractivity contribution is -0.146. The van der Waals surface area contributed by atoms with Gasteiger partial charge in [-0.15, -0.1) is 6.58 Å². The zero-order chi connectivity index (χ0) is 16.0. The van der Waals surface area contributed by atoms with E-state index < -0.39 is 17.4 Å². The molecule has 1 aliphatic carbocycles. The maximum atomic E-state index is 12.6. The van der Waals surface area contributed by atoms with Gasteiger partial charge in [-0.25, -0.2) is 4.79 Å². The third kappa shape index (κ3) is 3.75. The number of nitrogens with one attached hydrogen (secondary N) is 1. The Morgan fingerprint density at radius 2 is 2.00 bits per heavy atom. The fourth-order valence-electron chi connectivity index (χ4n) is 2.93. The average molecular weight is 301 g/mol. The molecule has 1 fully saturated rings. The molecule has 4 nitrogen and oxygen atoms in total. The van der Waals surface area contributed by atoms with Gasteiger partial charge in [-0.1, -0.05) is 42.8 Å². The Bertz CT molecular complexity index is 535. The first-order valence-electron chi connectivity index (χ1n) is 7.76. The van der Waals surface area contributed by atoms with Crippen LogP contribution in [0.3, 0.4) is 0 Å². The lowest BCUT2D eigenvalue weighted by Gasteiger charge is -2.41. The molecule has 0 saturated heterocycles. The van der Waals surface area contributed by atoms with E-state index in [1.807, 2.05) is 30.3 Å². The Hall–Kier alpha value is -2.10. The minimum atomic E-state index is -0.982. The first kappa shape index (κ1) is 16.3. The molecule has 4 heteroatoms. The van der Waals surface area contributed by atoms with E-state index in [4.69, 9.17) is 0 Å². The molecule has 0 aromatic heterocycles. The first-order chi connectivity index (χ1) is 10.6. The van der Waals surface area contributed by atoms with Gasteiger partial charge in [0.05, 0.1) is 5.41 Å². The third-order valence-electron chi connectivity index (χ3n) is 4.44. The van der Waals surface area contributed by atoms with Crippen molar-refractivity contribution in [1.29, 1.82) is 0 Å². The van der Waals surface area contributed by atoms with E-state index in [2.05, 4.69) is 11.9 Å². The average Bonchev–Trinajstić information content (AvgIpc) is 2.47. The highest BCUT2D eigenvalue weighted by Gasteiger charge is 2.44. The number of carbonyl (C=O) groups excluding carboxylic acids is 1. The summed E-state index contributed by atoms with van der Waals surface area (Å²) in [6.07, 6.45) is 5.96. The van der Waals surface area contributed by atoms with Gasteiger partial charge in [0.15, 0.2) is 0 Å². The van der Waals surface area contributed by atoms with Crippen LogP contribution < -0.4 is 5.32 Å². The molecule has 0 bridgehead atoms. The van der Waals surface area contributed by atoms with Gasteiger partial charge in [0.1, 0.15) is 6.04 Å². The van der Waals surface area contributed by atoms with Gasteiger partial charge in [-0.05, 0) is 37.7 Å². The predicted octanol–water partition coefficient (Wildman–Crippen LogP) is 2.94. The second kappa shape index (κ2) is 7.25. The van der Waals surface area contributed by atoms with Crippen molar-refractivity contribution in [3.05, 3.63) is 48.6 Å². The van der Waals surface area contributed by atoms with Gasteiger partial charge < -0.3 is 10.4 Å². The molecule has 1 atom stereocenters. The highest BCUT2D eigenvalue weighted by Crippen LogP contribution is 2.44. The number of aliphatic carboxylic acids is 1. The second-order valence-electron chi connectivity index (χ2n) is 6.03. The molecule has 1 aromatic rings. The Labute approximate surface area is 131 Å². The first-order valence-corrected chi connectivity index (χ1v) is 7.76. The zero-order valence-electron chi connectivity index (χ0n) is 12.8. The minimum absolute atomic E-state index is 0.126. The molecule has 22 heavy (non-hydrogen) atoms. The largest absolute Gasteiger partial charge is 0.480 e. The fraction of sp³-hybridized carbons (Fsp3) is 0.444. The van der Waals surface area contributed by atoms with E-state index in [1.165, 1.54) is 0 Å². The van der Waals surface area contributed by atoms with Crippen LogP contribution >= 0.6 is 0 Å². The summed E-state index contributed by atoms with van der Waals surface area (Å²) in [7, 11) is 0. The number of carboxylic acid groups (broad SMARTS) is 1. The quantitative estimate of drug-likeness (QED) is 0.726. The molecule has 2 rings (SSSR count). The Morgan fingerprint density at radius 1 is 1.32 bits per heavy atom. The molecule has 1 saturated carbocycles. The monoisotopic (exact) mass is 301 g/mol. The number of rotatable bonds is 8. The minimum Gasteiger partial charge on any atom is -0.480 e. The highest BCUT2D eigenvalue weighted by atomic mass is 16.4. The SMILES string of the molecule is C=CCCC(NC(=O)C1(Cc2ccccc2)CCC1)C(=O)O. The summed E-state index contributed by atoms with van der Waals surface area (Å²) in [4.78, 5) is 23.9. The highest BCUT2D eigenvalue weighted by molar-refractivity contribution is 5.88. The van der Waals surface area contributed by atoms with Crippen molar-refractivity contribution in [3.63, 3.8) is 0 Å². The summed E-state index contributed by atoms with van der Waals surface area (Å²) < 4.78 is 0. The smallest absolute Gasteiger partial charge is 0.326 e. The standard InChI is InChI=1S/C18H23NO3/c1-2-3-10-15(16(20)21)19-17(22)18(11-7-12-18)13-14-8-5-4-6-9-14/h2,4-6,8-9,15H,1,3,7,10-13H2,(H,19,22)(H,20,21). The molecule has 118 valence electrons. The molecule has 0 heterocycles. The lowest BCUT2D eigenvalue weighted by atomic mass is 9.64. The van der Waals surface area contributed by atoms with Gasteiger partial charge >= 0.3 is 5.97 Å². The third-order valence-corrected chi connectivity index (χ3v) is 4.44. The Kier molecular flexibility index (Phi) is 5.36. The van der Waals surface area contributed by atoms with Gasteiger partial charge in [-0.3, -0.25) is 4.79 Å². The van der Waals surface area contributed by atoms with Crippen LogP contribution in [-0.2, 0) is 16.0 Å². The summed E-state index contributed by atoms with van der Waals surface area (Å²) in [5.41, 5.74) is 0.679. The fourth-order valence-corrected chi connectivity index (χ4v) is 2.93. The maximum absolute atomic E-state index is 12.6. The molecule has 0 aliphatic heterocycles. The van der Waals surface area contributed by atoms with Crippen molar-refractivity contribution in [1.82, 2.24) is 5.32 Å². The van der Waals surface area contributed by atoms with Crippen LogP contribution in [0.1, 0.15) is 37.7 Å². The number of allylic oxidation sites excluding steroid dienone is 1. The van der Waals surface area contributed by atoms with Crippen molar-refractivity contribution >= 4 is 11.9 Å². The van der Waals surface area contributed by atoms with E-state index >= 15 is 0 Å². The van der Waals surface area contributed by atoms with Crippen LogP contribution in [0.15, 0.2) is 43.0 Å². The molecule has 1 aromatic carbocycles. The molecule has 0 radical (unpaired) electrons. The molecule has 1 unspecified atom stereocenters. The molecular formula is C18H23NO3. The van der Waals surface area contributed by atoms with E-state index in [0.717, 1.165) is 24.8 Å². The number of benzene rings is 1. The number of hydrogen-bond donors (Lipinski definition) is 2. The van der Waals surface area contributed by atoms with Crippen molar-refractivity contribution in [2.45, 2.75) is 44.6 Å². The molecule has 0 spiro atoms. The van der Waals surface area contributed by atoms with Crippen LogP contribution in [0.2, 0.25) is 0 Å². The summed E-state index contributed by atoms with van der Waals surface area (Å²) in [5, 5.41) is 12.0. The van der Waals surface area contributed by atoms with Crippen LogP contribution in [0.4, 0.5) is 0 Å². The van der Waals surface area contributed by atoms with Gasteiger partial charge in [-0.2, -0.15) is 0 Å². The number of hydrogen-bond acceptors (Lipinski definition) is 2. The van der Waals surface area contributed by atoms with Crippen molar-refractivity contribution in [2.75, 3.05) is 0 Å². The second-order valence-corrected chi connectivity index (χ2v) is 6.03. The molecule has 1 amide bonds. The Balaban J connectivity index is 2.04. The molecule has 2 N–H and O–H groups in total. The predicted molar refractivity (Wildman–Crippen MR) is 85.4 cm³/mol. The number of amides is 1. The van der Waals surface area contributed by atoms with E-state index in [9.17, 15) is 14.7 Å². The van der Waals surface area contributed by atoms with Crippen LogP contribution in [0.5, 0.6) is 0 Å². The van der Waals surface area contributed by atoms with Crippen LogP contribution in [-0.4, -0.2) is 23.0 Å². The Morgan fingerprint density at radius 3 is 2.50 bits per heavy atom. The molecular weight excluding hydrogens is 278 g/mol. The lowest BCUT2D eigenvalue weighted by Crippen LogP contribution is -2.52. The van der Waals surface area contributed by atoms with Crippen LogP contribution in [0, 0.1) is 5.41 Å². The number of carboxylic acids is 1. The zero-order valence-corrected chi connectivity index (χ0v) is 12.8. The van der Waals surface area contributed by atoms with Gasteiger partial charge in [0.2, 0.25) is 5.91 Å². The summed E-state index contributed by atoms with van der Waals surface area (Å²) >= 11 is 0. The normalized spacial score (nSPS) is 17.1. The summed E-state index contributed by atoms with van der Waals surface area (Å²) in [5.74, 6) is -1.11. The number of carbonyl (C=O) groups is 2. The van der Waals surface area contributed by atoms with Crippen molar-refractivity contribution in [2.24, 2.45) is 5.41 Å². The van der Waals surface area contributed by atoms with Gasteiger partial charge in [0, 0.05) is 0 Å². The van der Waals surface area contributed by atoms with Gasteiger partial charge in [0.25, 0.3) is 0 Å². The molecule has 1 aliphatic rings. The maximum Gasteiger partial charge on any atom is 0.326 e. The summed E-state index contributed by atoms with van der Waals surface area (Å²) in [6, 6.07) is 9.07. The van der Waals surface area contributed by atoms with E-state index in [1.54, 1.807) is 6.08 Å². The van der Waals surface area contributed by atoms with E-state index in [-0.39, 0.29) is 5.91 Å². The van der Waals surface area contributed by atoms with Crippen LogP contribution in [0.25, 0.3) is 0 Å². The topological polar surface area (TPSA) is 66.4 Å². The van der Waals surface area contributed by atoms with Crippen molar-refractivity contribution < 1.29 is 14.7 Å². The summed E-state index contributed by atoms with van der Waals surface area (Å²) in [6.45, 7) is 3.60.